The molecule has 1 unspecified atom stereocenters. The maximum absolute atomic E-state index is 14.0. The van der Waals surface area contributed by atoms with Crippen molar-refractivity contribution >= 4 is 34.6 Å². The Morgan fingerprint density at radius 2 is 1.76 bits per heavy atom. The minimum Gasteiger partial charge on any atom is -0.351 e. The quantitative estimate of drug-likeness (QED) is 0.342. The van der Waals surface area contributed by atoms with E-state index in [4.69, 9.17) is 0 Å². The molecular formula is C31H36N2O3S. The Bertz CT molecular complexity index is 1210. The summed E-state index contributed by atoms with van der Waals surface area (Å²) in [6.45, 7) is 3.83. The molecule has 0 bridgehead atoms. The lowest BCUT2D eigenvalue weighted by Crippen LogP contribution is -2.48. The first-order valence-corrected chi connectivity index (χ1v) is 14.1. The number of thiophene rings is 1. The van der Waals surface area contributed by atoms with Crippen LogP contribution in [0.1, 0.15) is 73.1 Å². The zero-order valence-electron chi connectivity index (χ0n) is 21.7. The number of carbonyl (C=O) groups is 3. The van der Waals surface area contributed by atoms with Gasteiger partial charge >= 0.3 is 0 Å². The number of hydrogen-bond donors (Lipinski definition) is 1. The van der Waals surface area contributed by atoms with Crippen molar-refractivity contribution in [2.24, 2.45) is 0 Å². The van der Waals surface area contributed by atoms with Crippen LogP contribution < -0.4 is 10.2 Å². The van der Waals surface area contributed by atoms with Crippen molar-refractivity contribution in [3.05, 3.63) is 87.6 Å². The molecule has 6 heteroatoms. The summed E-state index contributed by atoms with van der Waals surface area (Å²) in [5.74, 6) is -0.164. The monoisotopic (exact) mass is 516 g/mol. The van der Waals surface area contributed by atoms with E-state index in [1.165, 1.54) is 17.8 Å². The first kappa shape index (κ1) is 26.8. The molecule has 4 rings (SSSR count). The molecule has 3 aromatic rings. The van der Waals surface area contributed by atoms with Crippen molar-refractivity contribution in [2.75, 3.05) is 4.90 Å². The van der Waals surface area contributed by atoms with E-state index in [0.717, 1.165) is 47.3 Å². The molecule has 1 aliphatic rings. The first-order chi connectivity index (χ1) is 18.0. The van der Waals surface area contributed by atoms with Crippen LogP contribution in [0.5, 0.6) is 0 Å². The number of benzene rings is 2. The predicted molar refractivity (Wildman–Crippen MR) is 150 cm³/mol. The predicted octanol–water partition coefficient (Wildman–Crippen LogP) is 6.34. The third-order valence-corrected chi connectivity index (χ3v) is 7.98. The Morgan fingerprint density at radius 1 is 0.973 bits per heavy atom. The summed E-state index contributed by atoms with van der Waals surface area (Å²) in [4.78, 5) is 42.8. The van der Waals surface area contributed by atoms with E-state index >= 15 is 0 Å². The minimum absolute atomic E-state index is 0.121. The second-order valence-electron chi connectivity index (χ2n) is 9.86. The minimum atomic E-state index is -0.812. The smallest absolute Gasteiger partial charge is 0.248 e. The largest absolute Gasteiger partial charge is 0.351 e. The molecule has 1 heterocycles. The van der Waals surface area contributed by atoms with Crippen LogP contribution in [-0.2, 0) is 27.2 Å². The summed E-state index contributed by atoms with van der Waals surface area (Å²) in [6.07, 6.45) is 6.30. The number of nitrogens with one attached hydrogen (secondary N) is 1. The second-order valence-corrected chi connectivity index (χ2v) is 10.9. The SMILES string of the molecule is CCC(=O)Cc1cccc(N(C(=O)Cc2cccs2)C(C(=O)NC2CCCCC2)c2ccccc2C)c1. The van der Waals surface area contributed by atoms with Gasteiger partial charge in [-0.2, -0.15) is 0 Å². The summed E-state index contributed by atoms with van der Waals surface area (Å²) >= 11 is 1.53. The maximum Gasteiger partial charge on any atom is 0.248 e. The van der Waals surface area contributed by atoms with Crippen LogP contribution in [0.4, 0.5) is 5.69 Å². The number of rotatable bonds is 10. The van der Waals surface area contributed by atoms with Crippen LogP contribution in [0.25, 0.3) is 0 Å². The van der Waals surface area contributed by atoms with Crippen molar-refractivity contribution in [3.63, 3.8) is 0 Å². The third kappa shape index (κ3) is 6.95. The highest BCUT2D eigenvalue weighted by atomic mass is 32.1. The van der Waals surface area contributed by atoms with Gasteiger partial charge in [-0.15, -0.1) is 11.3 Å². The number of amides is 2. The molecule has 1 aromatic heterocycles. The van der Waals surface area contributed by atoms with E-state index in [0.29, 0.717) is 18.5 Å². The lowest BCUT2D eigenvalue weighted by atomic mass is 9.93. The van der Waals surface area contributed by atoms with Gasteiger partial charge in [0.2, 0.25) is 11.8 Å². The zero-order chi connectivity index (χ0) is 26.2. The van der Waals surface area contributed by atoms with Crippen molar-refractivity contribution < 1.29 is 14.4 Å². The first-order valence-electron chi connectivity index (χ1n) is 13.3. The molecule has 0 spiro atoms. The van der Waals surface area contributed by atoms with Crippen molar-refractivity contribution in [2.45, 2.75) is 77.3 Å². The number of carbonyl (C=O) groups excluding carboxylic acids is 3. The van der Waals surface area contributed by atoms with Crippen molar-refractivity contribution in [3.8, 4) is 0 Å². The number of Topliss-reactive ketones (excluding diaryl/α,β-unsaturated/α-hetero) is 1. The highest BCUT2D eigenvalue weighted by Crippen LogP contribution is 2.32. The molecule has 1 saturated carbocycles. The topological polar surface area (TPSA) is 66.5 Å². The van der Waals surface area contributed by atoms with Gasteiger partial charge in [-0.3, -0.25) is 19.3 Å². The molecule has 37 heavy (non-hydrogen) atoms. The molecule has 1 atom stereocenters. The van der Waals surface area contributed by atoms with Gasteiger partial charge in [-0.25, -0.2) is 0 Å². The number of anilines is 1. The summed E-state index contributed by atoms with van der Waals surface area (Å²) in [5, 5.41) is 5.24. The van der Waals surface area contributed by atoms with Gasteiger partial charge in [-0.1, -0.05) is 68.7 Å². The average molecular weight is 517 g/mol. The molecule has 1 fully saturated rings. The molecule has 1 aliphatic carbocycles. The van der Waals surface area contributed by atoms with E-state index < -0.39 is 6.04 Å². The van der Waals surface area contributed by atoms with E-state index in [1.807, 2.05) is 79.9 Å². The molecule has 1 N–H and O–H groups in total. The van der Waals surface area contributed by atoms with Gasteiger partial charge in [0.05, 0.1) is 6.42 Å². The summed E-state index contributed by atoms with van der Waals surface area (Å²) in [7, 11) is 0. The van der Waals surface area contributed by atoms with Gasteiger partial charge in [0, 0.05) is 29.4 Å². The third-order valence-electron chi connectivity index (χ3n) is 7.10. The lowest BCUT2D eigenvalue weighted by molar-refractivity contribution is -0.127. The molecular weight excluding hydrogens is 480 g/mol. The molecule has 0 radical (unpaired) electrons. The highest BCUT2D eigenvalue weighted by molar-refractivity contribution is 7.10. The second kappa shape index (κ2) is 12.8. The number of aryl methyl sites for hydroxylation is 1. The van der Waals surface area contributed by atoms with E-state index in [1.54, 1.807) is 4.90 Å². The Morgan fingerprint density at radius 3 is 2.46 bits per heavy atom. The van der Waals surface area contributed by atoms with Crippen molar-refractivity contribution in [1.82, 2.24) is 5.32 Å². The van der Waals surface area contributed by atoms with Crippen LogP contribution in [0.15, 0.2) is 66.0 Å². The van der Waals surface area contributed by atoms with E-state index in [9.17, 15) is 14.4 Å². The normalized spacial score (nSPS) is 14.6. The van der Waals surface area contributed by atoms with E-state index in [2.05, 4.69) is 5.32 Å². The zero-order valence-corrected chi connectivity index (χ0v) is 22.6. The Balaban J connectivity index is 1.78. The van der Waals surface area contributed by atoms with Crippen LogP contribution in [0.2, 0.25) is 0 Å². The van der Waals surface area contributed by atoms with Gasteiger partial charge in [0.1, 0.15) is 11.8 Å². The van der Waals surface area contributed by atoms with Gasteiger partial charge < -0.3 is 5.32 Å². The fourth-order valence-electron chi connectivity index (χ4n) is 5.07. The maximum atomic E-state index is 14.0. The van der Waals surface area contributed by atoms with Crippen LogP contribution in [-0.4, -0.2) is 23.6 Å². The van der Waals surface area contributed by atoms with Crippen LogP contribution >= 0.6 is 11.3 Å². The fourth-order valence-corrected chi connectivity index (χ4v) is 5.77. The van der Waals surface area contributed by atoms with E-state index in [-0.39, 0.29) is 30.1 Å². The highest BCUT2D eigenvalue weighted by Gasteiger charge is 2.35. The summed E-state index contributed by atoms with van der Waals surface area (Å²) in [6, 6.07) is 18.5. The van der Waals surface area contributed by atoms with Gasteiger partial charge in [-0.05, 0) is 60.0 Å². The van der Waals surface area contributed by atoms with Gasteiger partial charge in [0.25, 0.3) is 0 Å². The Hall–Kier alpha value is -3.25. The van der Waals surface area contributed by atoms with Crippen molar-refractivity contribution in [1.29, 1.82) is 0 Å². The molecule has 5 nitrogen and oxygen atoms in total. The average Bonchev–Trinajstić information content (AvgIpc) is 3.41. The number of hydrogen-bond acceptors (Lipinski definition) is 4. The number of ketones is 1. The molecule has 194 valence electrons. The van der Waals surface area contributed by atoms with Crippen LogP contribution in [0, 0.1) is 6.92 Å². The molecule has 2 aromatic carbocycles. The number of nitrogens with zero attached hydrogens (tertiary/aromatic N) is 1. The molecule has 2 amide bonds. The van der Waals surface area contributed by atoms with Gasteiger partial charge in [0.15, 0.2) is 0 Å². The lowest BCUT2D eigenvalue weighted by Gasteiger charge is -2.34. The fraction of sp³-hybridized carbons (Fsp3) is 0.387. The molecule has 0 saturated heterocycles. The Kier molecular flexibility index (Phi) is 9.29. The standard InChI is InChI=1S/C31H36N2O3S/c1-3-26(34)20-23-12-9-15-25(19-23)33(29(35)21-27-16-10-18-37-27)30(28-17-8-7-11-22(28)2)31(36)32-24-13-5-4-6-14-24/h7-12,15-19,24,30H,3-6,13-14,20-21H2,1-2H3,(H,32,36). The summed E-state index contributed by atoms with van der Waals surface area (Å²) < 4.78 is 0. The summed E-state index contributed by atoms with van der Waals surface area (Å²) in [5.41, 5.74) is 3.24. The Labute approximate surface area is 223 Å². The molecule has 0 aliphatic heterocycles. The van der Waals surface area contributed by atoms with Crippen LogP contribution in [0.3, 0.4) is 0 Å².